The fourth-order valence-corrected chi connectivity index (χ4v) is 4.37. The molecule has 2 bridgehead atoms. The van der Waals surface area contributed by atoms with Crippen LogP contribution in [-0.2, 0) is 27.5 Å². The Morgan fingerprint density at radius 1 is 0.857 bits per heavy atom. The van der Waals surface area contributed by atoms with Crippen molar-refractivity contribution in [2.45, 2.75) is 45.0 Å². The number of allylic oxidation sites excluding steroid dienone is 1. The third kappa shape index (κ3) is 4.60. The Balaban J connectivity index is 1.43. The molecule has 0 aliphatic heterocycles. The van der Waals surface area contributed by atoms with Gasteiger partial charge in [-0.3, -0.25) is 4.79 Å². The van der Waals surface area contributed by atoms with Crippen molar-refractivity contribution in [2.75, 3.05) is 6.61 Å². The normalized spacial score (nSPS) is 24.5. The van der Waals surface area contributed by atoms with Crippen LogP contribution in [0, 0.1) is 11.8 Å². The Kier molecular flexibility index (Phi) is 6.35. The summed E-state index contributed by atoms with van der Waals surface area (Å²) in [6.07, 6.45) is 5.56. The van der Waals surface area contributed by atoms with E-state index in [1.54, 1.807) is 0 Å². The average molecular weight is 376 g/mol. The summed E-state index contributed by atoms with van der Waals surface area (Å²) in [5.74, 6) is 0.621. The number of carbonyl (C=O) groups is 1. The summed E-state index contributed by atoms with van der Waals surface area (Å²) in [6, 6.07) is 20.4. The molecular formula is C25H28O3. The van der Waals surface area contributed by atoms with Gasteiger partial charge in [0.25, 0.3) is 0 Å². The van der Waals surface area contributed by atoms with Crippen molar-refractivity contribution < 1.29 is 14.3 Å². The van der Waals surface area contributed by atoms with E-state index in [0.717, 1.165) is 24.8 Å². The van der Waals surface area contributed by atoms with Crippen LogP contribution in [0.15, 0.2) is 72.3 Å². The van der Waals surface area contributed by atoms with Crippen LogP contribution in [0.2, 0.25) is 0 Å². The van der Waals surface area contributed by atoms with Gasteiger partial charge in [0, 0.05) is 18.3 Å². The van der Waals surface area contributed by atoms with Crippen molar-refractivity contribution in [3.8, 4) is 0 Å². The van der Waals surface area contributed by atoms with Gasteiger partial charge in [-0.25, -0.2) is 0 Å². The van der Waals surface area contributed by atoms with Crippen LogP contribution in [0.5, 0.6) is 0 Å². The zero-order valence-corrected chi connectivity index (χ0v) is 16.3. The third-order valence-electron chi connectivity index (χ3n) is 5.88. The second-order valence-electron chi connectivity index (χ2n) is 7.81. The van der Waals surface area contributed by atoms with Gasteiger partial charge in [-0.15, -0.1) is 0 Å². The largest absolute Gasteiger partial charge is 0.376 e. The maximum atomic E-state index is 12.7. The molecular weight excluding hydrogens is 348 g/mol. The average Bonchev–Trinajstić information content (AvgIpc) is 2.81. The molecule has 146 valence electrons. The van der Waals surface area contributed by atoms with Crippen LogP contribution in [0.3, 0.4) is 0 Å². The Hall–Kier alpha value is -2.23. The molecule has 0 N–H and O–H groups in total. The van der Waals surface area contributed by atoms with Gasteiger partial charge in [0.2, 0.25) is 0 Å². The highest BCUT2D eigenvalue weighted by atomic mass is 16.5. The Bertz CT molecular complexity index is 797. The number of carbonyl (C=O) groups excluding carboxylic acids is 1. The molecule has 1 fully saturated rings. The topological polar surface area (TPSA) is 35.5 Å². The van der Waals surface area contributed by atoms with Gasteiger partial charge < -0.3 is 9.47 Å². The minimum absolute atomic E-state index is 0.00263. The molecule has 0 aromatic heterocycles. The summed E-state index contributed by atoms with van der Waals surface area (Å²) in [5.41, 5.74) is 3.61. The molecule has 3 heteroatoms. The maximum Gasteiger partial charge on any atom is 0.138 e. The highest BCUT2D eigenvalue weighted by Gasteiger charge is 2.39. The van der Waals surface area contributed by atoms with Gasteiger partial charge >= 0.3 is 0 Å². The smallest absolute Gasteiger partial charge is 0.138 e. The SMILES string of the molecule is O=C1CC[C@@H](COCc2ccccc2)C2=CCC[C@@H]1[C@H]2OCc1ccccc1. The van der Waals surface area contributed by atoms with Crippen LogP contribution >= 0.6 is 0 Å². The quantitative estimate of drug-likeness (QED) is 0.631. The van der Waals surface area contributed by atoms with Crippen LogP contribution < -0.4 is 0 Å². The van der Waals surface area contributed by atoms with E-state index in [2.05, 4.69) is 30.3 Å². The first-order valence-corrected chi connectivity index (χ1v) is 10.3. The molecule has 0 amide bonds. The summed E-state index contributed by atoms with van der Waals surface area (Å²) in [5, 5.41) is 0. The zero-order chi connectivity index (χ0) is 19.2. The second kappa shape index (κ2) is 9.31. The first kappa shape index (κ1) is 19.1. The highest BCUT2D eigenvalue weighted by Crippen LogP contribution is 2.39. The molecule has 2 aromatic rings. The number of hydrogen-bond acceptors (Lipinski definition) is 3. The molecule has 0 unspecified atom stereocenters. The van der Waals surface area contributed by atoms with Gasteiger partial charge in [-0.1, -0.05) is 66.7 Å². The first-order valence-electron chi connectivity index (χ1n) is 10.3. The van der Waals surface area contributed by atoms with Gasteiger partial charge in [0.1, 0.15) is 5.78 Å². The Labute approximate surface area is 167 Å². The summed E-state index contributed by atoms with van der Waals surface area (Å²) >= 11 is 0. The number of fused-ring (bicyclic) bond motifs is 2. The number of hydrogen-bond donors (Lipinski definition) is 0. The van der Waals surface area contributed by atoms with Gasteiger partial charge in [0.15, 0.2) is 0 Å². The van der Waals surface area contributed by atoms with Crippen molar-refractivity contribution in [1.29, 1.82) is 0 Å². The lowest BCUT2D eigenvalue weighted by Crippen LogP contribution is -2.34. The summed E-state index contributed by atoms with van der Waals surface area (Å²) in [4.78, 5) is 12.7. The van der Waals surface area contributed by atoms with E-state index in [1.165, 1.54) is 11.1 Å². The minimum atomic E-state index is -0.103. The van der Waals surface area contributed by atoms with E-state index in [4.69, 9.17) is 9.47 Å². The Morgan fingerprint density at radius 3 is 2.25 bits per heavy atom. The van der Waals surface area contributed by atoms with Crippen molar-refractivity contribution in [3.05, 3.63) is 83.4 Å². The zero-order valence-electron chi connectivity index (χ0n) is 16.3. The lowest BCUT2D eigenvalue weighted by molar-refractivity contribution is -0.127. The van der Waals surface area contributed by atoms with Crippen molar-refractivity contribution >= 4 is 5.78 Å². The van der Waals surface area contributed by atoms with E-state index in [-0.39, 0.29) is 17.9 Å². The van der Waals surface area contributed by atoms with Crippen LogP contribution in [0.25, 0.3) is 0 Å². The summed E-state index contributed by atoms with van der Waals surface area (Å²) < 4.78 is 12.4. The number of benzene rings is 2. The molecule has 3 nitrogen and oxygen atoms in total. The number of Topliss-reactive ketones (excluding diaryl/α,β-unsaturated/α-hetero) is 1. The molecule has 2 aliphatic carbocycles. The molecule has 2 aromatic carbocycles. The molecule has 4 rings (SSSR count). The van der Waals surface area contributed by atoms with Gasteiger partial charge in [0.05, 0.1) is 25.9 Å². The molecule has 0 heterocycles. The minimum Gasteiger partial charge on any atom is -0.376 e. The number of ketones is 1. The molecule has 2 aliphatic rings. The highest BCUT2D eigenvalue weighted by molar-refractivity contribution is 5.83. The summed E-state index contributed by atoms with van der Waals surface area (Å²) in [7, 11) is 0. The Morgan fingerprint density at radius 2 is 1.54 bits per heavy atom. The predicted octanol–water partition coefficient (Wildman–Crippen LogP) is 5.10. The summed E-state index contributed by atoms with van der Waals surface area (Å²) in [6.45, 7) is 1.80. The second-order valence-corrected chi connectivity index (χ2v) is 7.81. The molecule has 0 saturated heterocycles. The van der Waals surface area contributed by atoms with Crippen LogP contribution in [0.4, 0.5) is 0 Å². The lowest BCUT2D eigenvalue weighted by Gasteiger charge is -2.32. The van der Waals surface area contributed by atoms with E-state index >= 15 is 0 Å². The monoisotopic (exact) mass is 376 g/mol. The molecule has 0 radical (unpaired) electrons. The first-order chi connectivity index (χ1) is 13.8. The molecule has 0 spiro atoms. The van der Waals surface area contributed by atoms with E-state index in [1.807, 2.05) is 36.4 Å². The standard InChI is InChI=1S/C25H28O3/c26-24-15-14-21(18-27-16-19-8-3-1-4-9-19)22-12-7-13-23(24)25(22)28-17-20-10-5-2-6-11-20/h1-6,8-12,21,23,25H,7,13-18H2/t21-,23-,25-/m0/s1. The van der Waals surface area contributed by atoms with Crippen molar-refractivity contribution in [3.63, 3.8) is 0 Å². The number of ether oxygens (including phenoxy) is 2. The van der Waals surface area contributed by atoms with Crippen LogP contribution in [0.1, 0.15) is 36.8 Å². The van der Waals surface area contributed by atoms with Crippen molar-refractivity contribution in [1.82, 2.24) is 0 Å². The third-order valence-corrected chi connectivity index (χ3v) is 5.88. The van der Waals surface area contributed by atoms with E-state index in [0.29, 0.717) is 32.0 Å². The predicted molar refractivity (Wildman–Crippen MR) is 110 cm³/mol. The molecule has 28 heavy (non-hydrogen) atoms. The fourth-order valence-electron chi connectivity index (χ4n) is 4.37. The van der Waals surface area contributed by atoms with E-state index in [9.17, 15) is 4.79 Å². The fraction of sp³-hybridized carbons (Fsp3) is 0.400. The van der Waals surface area contributed by atoms with Gasteiger partial charge in [-0.2, -0.15) is 0 Å². The maximum absolute atomic E-state index is 12.7. The number of rotatable bonds is 7. The molecule has 1 saturated carbocycles. The molecule has 3 atom stereocenters. The van der Waals surface area contributed by atoms with Crippen LogP contribution in [-0.4, -0.2) is 18.5 Å². The van der Waals surface area contributed by atoms with Crippen molar-refractivity contribution in [2.24, 2.45) is 11.8 Å². The lowest BCUT2D eigenvalue weighted by atomic mass is 9.81. The van der Waals surface area contributed by atoms with Gasteiger partial charge in [-0.05, 0) is 36.0 Å². The van der Waals surface area contributed by atoms with E-state index < -0.39 is 0 Å².